The molecule has 1 amide bonds. The van der Waals surface area contributed by atoms with Crippen LogP contribution < -0.4 is 11.1 Å². The minimum Gasteiger partial charge on any atom is -0.399 e. The molecule has 0 atom stereocenters. The van der Waals surface area contributed by atoms with Crippen LogP contribution in [0.5, 0.6) is 0 Å². The van der Waals surface area contributed by atoms with Crippen LogP contribution in [0.4, 0.5) is 11.4 Å². The fourth-order valence-electron chi connectivity index (χ4n) is 1.93. The van der Waals surface area contributed by atoms with Crippen LogP contribution in [-0.2, 0) is 4.79 Å². The highest BCUT2D eigenvalue weighted by Crippen LogP contribution is 2.12. The van der Waals surface area contributed by atoms with Gasteiger partial charge in [-0.3, -0.25) is 9.69 Å². The summed E-state index contributed by atoms with van der Waals surface area (Å²) in [6.07, 6.45) is 1.17. The van der Waals surface area contributed by atoms with Gasteiger partial charge in [-0.1, -0.05) is 0 Å². The number of nitrogen functional groups attached to an aromatic ring is 1. The van der Waals surface area contributed by atoms with Crippen molar-refractivity contribution in [3.63, 3.8) is 0 Å². The second-order valence-corrected chi connectivity index (χ2v) is 5.64. The first-order chi connectivity index (χ1) is 8.74. The van der Waals surface area contributed by atoms with E-state index in [0.717, 1.165) is 24.5 Å². The Hall–Kier alpha value is -1.20. The van der Waals surface area contributed by atoms with Gasteiger partial charge in [-0.15, -0.1) is 0 Å². The molecule has 1 aromatic rings. The number of nitrogens with two attached hydrogens (primary N) is 1. The third-order valence-corrected chi connectivity index (χ3v) is 3.93. The Balaban J connectivity index is 1.82. The Morgan fingerprint density at radius 2 is 2.06 bits per heavy atom. The van der Waals surface area contributed by atoms with Crippen LogP contribution in [-0.4, -0.2) is 41.9 Å². The van der Waals surface area contributed by atoms with Crippen molar-refractivity contribution in [1.82, 2.24) is 4.90 Å². The molecule has 2 rings (SSSR count). The lowest BCUT2D eigenvalue weighted by molar-refractivity contribution is -0.117. The second-order valence-electron chi connectivity index (χ2n) is 4.41. The highest BCUT2D eigenvalue weighted by Gasteiger charge is 2.12. The number of rotatable bonds is 3. The van der Waals surface area contributed by atoms with Gasteiger partial charge in [0.2, 0.25) is 5.91 Å². The van der Waals surface area contributed by atoms with Crippen LogP contribution in [0.15, 0.2) is 24.3 Å². The van der Waals surface area contributed by atoms with E-state index in [1.807, 2.05) is 23.9 Å². The number of hydrogen-bond acceptors (Lipinski definition) is 4. The lowest BCUT2D eigenvalue weighted by atomic mass is 10.3. The fourth-order valence-corrected chi connectivity index (χ4v) is 2.85. The van der Waals surface area contributed by atoms with Gasteiger partial charge in [-0.05, 0) is 43.0 Å². The van der Waals surface area contributed by atoms with E-state index < -0.39 is 0 Å². The molecule has 3 N–H and O–H groups in total. The number of amides is 1. The number of benzene rings is 1. The first kappa shape index (κ1) is 13.2. The van der Waals surface area contributed by atoms with Crippen molar-refractivity contribution in [3.05, 3.63) is 24.3 Å². The molecule has 1 saturated heterocycles. The van der Waals surface area contributed by atoms with E-state index in [2.05, 4.69) is 10.2 Å². The van der Waals surface area contributed by atoms with Gasteiger partial charge in [0.05, 0.1) is 6.54 Å². The zero-order valence-corrected chi connectivity index (χ0v) is 11.2. The molecule has 18 heavy (non-hydrogen) atoms. The Bertz CT molecular complexity index is 386. The Morgan fingerprint density at radius 3 is 2.83 bits per heavy atom. The molecule has 0 radical (unpaired) electrons. The molecule has 0 aliphatic carbocycles. The van der Waals surface area contributed by atoms with Crippen LogP contribution in [0.25, 0.3) is 0 Å². The first-order valence-corrected chi connectivity index (χ1v) is 7.35. The molecule has 1 fully saturated rings. The molecule has 0 bridgehead atoms. The molecule has 4 nitrogen and oxygen atoms in total. The van der Waals surface area contributed by atoms with Gasteiger partial charge in [-0.25, -0.2) is 0 Å². The van der Waals surface area contributed by atoms with Gasteiger partial charge >= 0.3 is 0 Å². The molecule has 0 spiro atoms. The van der Waals surface area contributed by atoms with Crippen molar-refractivity contribution < 1.29 is 4.79 Å². The van der Waals surface area contributed by atoms with Crippen LogP contribution in [0.1, 0.15) is 6.42 Å². The summed E-state index contributed by atoms with van der Waals surface area (Å²) in [5.74, 6) is 2.37. The Morgan fingerprint density at radius 1 is 1.28 bits per heavy atom. The SMILES string of the molecule is Nc1ccc(NC(=O)CN2CCCSCC2)cc1. The number of hydrogen-bond donors (Lipinski definition) is 2. The average Bonchev–Trinajstić information content (AvgIpc) is 2.61. The predicted octanol–water partition coefficient (Wildman–Crippen LogP) is 1.65. The van der Waals surface area contributed by atoms with E-state index in [1.165, 1.54) is 12.2 Å². The van der Waals surface area contributed by atoms with E-state index in [-0.39, 0.29) is 5.91 Å². The smallest absolute Gasteiger partial charge is 0.238 e. The topological polar surface area (TPSA) is 58.4 Å². The largest absolute Gasteiger partial charge is 0.399 e. The van der Waals surface area contributed by atoms with E-state index in [1.54, 1.807) is 12.1 Å². The van der Waals surface area contributed by atoms with Gasteiger partial charge in [0.25, 0.3) is 0 Å². The highest BCUT2D eigenvalue weighted by molar-refractivity contribution is 7.99. The molecule has 1 heterocycles. The predicted molar refractivity (Wildman–Crippen MR) is 77.9 cm³/mol. The maximum atomic E-state index is 11.9. The summed E-state index contributed by atoms with van der Waals surface area (Å²) in [5, 5.41) is 2.89. The van der Waals surface area contributed by atoms with E-state index in [9.17, 15) is 4.79 Å². The van der Waals surface area contributed by atoms with Gasteiger partial charge < -0.3 is 11.1 Å². The third kappa shape index (κ3) is 4.23. The lowest BCUT2D eigenvalue weighted by Gasteiger charge is -2.18. The molecule has 1 aliphatic rings. The normalized spacial score (nSPS) is 17.1. The van der Waals surface area contributed by atoms with Gasteiger partial charge in [0.15, 0.2) is 0 Å². The zero-order valence-electron chi connectivity index (χ0n) is 10.4. The fraction of sp³-hybridized carbons (Fsp3) is 0.462. The summed E-state index contributed by atoms with van der Waals surface area (Å²) >= 11 is 1.96. The van der Waals surface area contributed by atoms with Gasteiger partial charge in [-0.2, -0.15) is 11.8 Å². The van der Waals surface area contributed by atoms with Crippen LogP contribution in [0.3, 0.4) is 0 Å². The van der Waals surface area contributed by atoms with Gasteiger partial charge in [0, 0.05) is 23.7 Å². The quantitative estimate of drug-likeness (QED) is 0.816. The van der Waals surface area contributed by atoms with E-state index >= 15 is 0 Å². The van der Waals surface area contributed by atoms with Crippen molar-refractivity contribution in [1.29, 1.82) is 0 Å². The number of carbonyl (C=O) groups excluding carboxylic acids is 1. The van der Waals surface area contributed by atoms with Crippen LogP contribution in [0.2, 0.25) is 0 Å². The molecular formula is C13H19N3OS. The molecule has 1 aliphatic heterocycles. The summed E-state index contributed by atoms with van der Waals surface area (Å²) in [6, 6.07) is 7.23. The number of nitrogens with one attached hydrogen (secondary N) is 1. The minimum absolute atomic E-state index is 0.0478. The average molecular weight is 265 g/mol. The molecule has 5 heteroatoms. The third-order valence-electron chi connectivity index (χ3n) is 2.88. The number of nitrogens with zero attached hydrogens (tertiary/aromatic N) is 1. The molecule has 98 valence electrons. The van der Waals surface area contributed by atoms with Crippen molar-refractivity contribution >= 4 is 29.0 Å². The molecule has 0 saturated carbocycles. The maximum Gasteiger partial charge on any atom is 0.238 e. The van der Waals surface area contributed by atoms with Crippen molar-refractivity contribution in [3.8, 4) is 0 Å². The Labute approximate surface area is 112 Å². The Kier molecular flexibility index (Phi) is 4.90. The number of anilines is 2. The summed E-state index contributed by atoms with van der Waals surface area (Å²) in [4.78, 5) is 14.1. The lowest BCUT2D eigenvalue weighted by Crippen LogP contribution is -2.34. The van der Waals surface area contributed by atoms with Crippen molar-refractivity contribution in [2.75, 3.05) is 42.2 Å². The summed E-state index contributed by atoms with van der Waals surface area (Å²) in [7, 11) is 0. The summed E-state index contributed by atoms with van der Waals surface area (Å²) in [6.45, 7) is 2.49. The summed E-state index contributed by atoms with van der Waals surface area (Å²) < 4.78 is 0. The molecule has 0 aromatic heterocycles. The van der Waals surface area contributed by atoms with Crippen LogP contribution >= 0.6 is 11.8 Å². The number of carbonyl (C=O) groups is 1. The molecule has 0 unspecified atom stereocenters. The van der Waals surface area contributed by atoms with Crippen molar-refractivity contribution in [2.24, 2.45) is 0 Å². The first-order valence-electron chi connectivity index (χ1n) is 6.19. The van der Waals surface area contributed by atoms with E-state index in [0.29, 0.717) is 12.2 Å². The minimum atomic E-state index is 0.0478. The highest BCUT2D eigenvalue weighted by atomic mass is 32.2. The standard InChI is InChI=1S/C13H19N3OS/c14-11-2-4-12(5-3-11)15-13(17)10-16-6-1-8-18-9-7-16/h2-5H,1,6-10,14H2,(H,15,17). The number of thioether (sulfide) groups is 1. The zero-order chi connectivity index (χ0) is 12.8. The molecule has 1 aromatic carbocycles. The van der Waals surface area contributed by atoms with Crippen molar-refractivity contribution in [2.45, 2.75) is 6.42 Å². The molecular weight excluding hydrogens is 246 g/mol. The van der Waals surface area contributed by atoms with E-state index in [4.69, 9.17) is 5.73 Å². The van der Waals surface area contributed by atoms with Gasteiger partial charge in [0.1, 0.15) is 0 Å². The summed E-state index contributed by atoms with van der Waals surface area (Å²) in [5.41, 5.74) is 7.11. The maximum absolute atomic E-state index is 11.9. The monoisotopic (exact) mass is 265 g/mol. The van der Waals surface area contributed by atoms with Crippen LogP contribution in [0, 0.1) is 0 Å². The second kappa shape index (κ2) is 6.66.